The second kappa shape index (κ2) is 8.05. The van der Waals surface area contributed by atoms with Crippen molar-refractivity contribution in [1.82, 2.24) is 9.88 Å². The van der Waals surface area contributed by atoms with Crippen molar-refractivity contribution in [2.45, 2.75) is 55.6 Å². The Kier molecular flexibility index (Phi) is 6.04. The summed E-state index contributed by atoms with van der Waals surface area (Å²) in [7, 11) is 0. The van der Waals surface area contributed by atoms with Gasteiger partial charge in [0.05, 0.1) is 18.2 Å². The Morgan fingerprint density at radius 2 is 2.03 bits per heavy atom. The van der Waals surface area contributed by atoms with Gasteiger partial charge in [-0.15, -0.1) is 11.3 Å². The number of halogens is 4. The van der Waals surface area contributed by atoms with Gasteiger partial charge in [0.25, 0.3) is 5.91 Å². The molecule has 3 heterocycles. The number of aliphatic carboxylic acids is 1. The maximum atomic E-state index is 14.3. The van der Waals surface area contributed by atoms with Crippen molar-refractivity contribution in [1.29, 1.82) is 0 Å². The molecule has 1 aromatic rings. The summed E-state index contributed by atoms with van der Waals surface area (Å²) in [5.74, 6) is -3.08. The number of carbonyl (C=O) groups excluding carboxylic acids is 1. The van der Waals surface area contributed by atoms with Crippen LogP contribution in [0.25, 0.3) is 0 Å². The first kappa shape index (κ1) is 21.8. The van der Waals surface area contributed by atoms with E-state index in [0.717, 1.165) is 24.4 Å². The maximum absolute atomic E-state index is 14.3. The second-order valence-corrected chi connectivity index (χ2v) is 8.37. The number of alkyl halides is 4. The third-order valence-corrected chi connectivity index (χ3v) is 6.05. The monoisotopic (exact) mass is 439 g/mol. The number of carbonyl (C=O) groups is 2. The summed E-state index contributed by atoms with van der Waals surface area (Å²) in [5.41, 5.74) is -1.90. The SMILES string of the molecule is O=C(N1CCC2(CC(Nc3nccs3)CO2)C1)C1(F)CCC1.O=C(O)C(F)(F)F. The number of carboxylic acids is 1. The summed E-state index contributed by atoms with van der Waals surface area (Å²) in [4.78, 5) is 27.1. The molecule has 2 atom stereocenters. The topological polar surface area (TPSA) is 91.8 Å². The third-order valence-electron chi connectivity index (χ3n) is 5.34. The fourth-order valence-electron chi connectivity index (χ4n) is 3.69. The zero-order valence-corrected chi connectivity index (χ0v) is 16.2. The van der Waals surface area contributed by atoms with Crippen molar-refractivity contribution < 1.29 is 37.0 Å². The van der Waals surface area contributed by atoms with Crippen LogP contribution in [-0.2, 0) is 14.3 Å². The van der Waals surface area contributed by atoms with E-state index < -0.39 is 17.8 Å². The Bertz CT molecular complexity index is 742. The van der Waals surface area contributed by atoms with E-state index in [1.54, 1.807) is 22.4 Å². The van der Waals surface area contributed by atoms with Crippen LogP contribution >= 0.6 is 11.3 Å². The molecule has 4 rings (SSSR count). The lowest BCUT2D eigenvalue weighted by molar-refractivity contribution is -0.192. The Labute approximate surface area is 168 Å². The van der Waals surface area contributed by atoms with Crippen LogP contribution in [0.3, 0.4) is 0 Å². The number of anilines is 1. The number of ether oxygens (including phenoxy) is 1. The number of carboxylic acid groups (broad SMARTS) is 1. The van der Waals surface area contributed by atoms with Crippen molar-refractivity contribution >= 4 is 28.3 Å². The van der Waals surface area contributed by atoms with E-state index in [2.05, 4.69) is 10.3 Å². The van der Waals surface area contributed by atoms with Crippen molar-refractivity contribution in [2.75, 3.05) is 25.0 Å². The molecule has 1 saturated carbocycles. The van der Waals surface area contributed by atoms with Gasteiger partial charge in [-0.2, -0.15) is 13.2 Å². The summed E-state index contributed by atoms with van der Waals surface area (Å²) >= 11 is 1.57. The number of nitrogens with one attached hydrogen (secondary N) is 1. The Morgan fingerprint density at radius 1 is 1.34 bits per heavy atom. The van der Waals surface area contributed by atoms with Gasteiger partial charge in [0.15, 0.2) is 10.8 Å². The highest BCUT2D eigenvalue weighted by molar-refractivity contribution is 7.13. The predicted molar refractivity (Wildman–Crippen MR) is 95.4 cm³/mol. The normalized spacial score (nSPS) is 27.9. The number of amides is 1. The van der Waals surface area contributed by atoms with Crippen LogP contribution in [0.4, 0.5) is 22.7 Å². The molecular weight excluding hydrogens is 418 g/mol. The van der Waals surface area contributed by atoms with Crippen molar-refractivity contribution in [3.63, 3.8) is 0 Å². The summed E-state index contributed by atoms with van der Waals surface area (Å²) in [5, 5.41) is 13.3. The number of nitrogens with zero attached hydrogens (tertiary/aromatic N) is 2. The lowest BCUT2D eigenvalue weighted by atomic mass is 9.81. The minimum atomic E-state index is -5.08. The van der Waals surface area contributed by atoms with Gasteiger partial charge < -0.3 is 20.1 Å². The highest BCUT2D eigenvalue weighted by atomic mass is 32.1. The van der Waals surface area contributed by atoms with E-state index in [0.29, 0.717) is 32.5 Å². The molecule has 162 valence electrons. The molecule has 2 saturated heterocycles. The number of hydrogen-bond acceptors (Lipinski definition) is 6. The van der Waals surface area contributed by atoms with Crippen LogP contribution in [0, 0.1) is 0 Å². The molecule has 1 aliphatic carbocycles. The fraction of sp³-hybridized carbons (Fsp3) is 0.706. The minimum Gasteiger partial charge on any atom is -0.475 e. The molecule has 0 radical (unpaired) electrons. The Balaban J connectivity index is 0.000000298. The van der Waals surface area contributed by atoms with Gasteiger partial charge in [0.2, 0.25) is 0 Å². The molecule has 3 aliphatic rings. The van der Waals surface area contributed by atoms with Crippen LogP contribution in [0.15, 0.2) is 11.6 Å². The molecular formula is C17H21F4N3O4S. The average molecular weight is 439 g/mol. The molecule has 2 N–H and O–H groups in total. The maximum Gasteiger partial charge on any atom is 0.490 e. The van der Waals surface area contributed by atoms with Gasteiger partial charge in [0, 0.05) is 31.1 Å². The molecule has 1 amide bonds. The highest BCUT2D eigenvalue weighted by Gasteiger charge is 2.52. The number of hydrogen-bond donors (Lipinski definition) is 2. The van der Waals surface area contributed by atoms with Crippen LogP contribution in [-0.4, -0.2) is 70.1 Å². The fourth-order valence-corrected chi connectivity index (χ4v) is 4.30. The van der Waals surface area contributed by atoms with Crippen LogP contribution < -0.4 is 5.32 Å². The molecule has 0 bridgehead atoms. The van der Waals surface area contributed by atoms with Gasteiger partial charge in [0.1, 0.15) is 0 Å². The molecule has 7 nitrogen and oxygen atoms in total. The Morgan fingerprint density at radius 3 is 2.55 bits per heavy atom. The standard InChI is InChI=1S/C15H20FN3O2S.C2HF3O2/c16-15(2-1-3-15)12(20)19-6-4-14(10-19)8-11(9-21-14)18-13-17-5-7-22-13;3-2(4,5)1(6)7/h5,7,11H,1-4,6,8-10H2,(H,17,18);(H,6,7). The van der Waals surface area contributed by atoms with Gasteiger partial charge in [-0.3, -0.25) is 4.79 Å². The molecule has 29 heavy (non-hydrogen) atoms. The first-order valence-corrected chi connectivity index (χ1v) is 9.99. The molecule has 1 aromatic heterocycles. The van der Waals surface area contributed by atoms with E-state index in [9.17, 15) is 22.4 Å². The molecule has 2 aliphatic heterocycles. The smallest absolute Gasteiger partial charge is 0.475 e. The van der Waals surface area contributed by atoms with Crippen molar-refractivity contribution in [2.24, 2.45) is 0 Å². The minimum absolute atomic E-state index is 0.212. The van der Waals surface area contributed by atoms with E-state index in [1.807, 2.05) is 5.38 Å². The molecule has 1 spiro atoms. The van der Waals surface area contributed by atoms with E-state index >= 15 is 0 Å². The van der Waals surface area contributed by atoms with Gasteiger partial charge in [-0.05, 0) is 25.7 Å². The number of aromatic nitrogens is 1. The third kappa shape index (κ3) is 4.97. The summed E-state index contributed by atoms with van der Waals surface area (Å²) in [6.45, 7) is 1.74. The lowest BCUT2D eigenvalue weighted by Crippen LogP contribution is -2.50. The van der Waals surface area contributed by atoms with E-state index in [4.69, 9.17) is 14.6 Å². The quantitative estimate of drug-likeness (QED) is 0.704. The average Bonchev–Trinajstić information content (AvgIpc) is 3.35. The number of rotatable bonds is 3. The van der Waals surface area contributed by atoms with Gasteiger partial charge >= 0.3 is 12.1 Å². The van der Waals surface area contributed by atoms with Crippen molar-refractivity contribution in [3.05, 3.63) is 11.6 Å². The van der Waals surface area contributed by atoms with Gasteiger partial charge in [-0.25, -0.2) is 14.2 Å². The molecule has 0 aromatic carbocycles. The van der Waals surface area contributed by atoms with Crippen molar-refractivity contribution in [3.8, 4) is 0 Å². The van der Waals surface area contributed by atoms with Crippen LogP contribution in [0.1, 0.15) is 32.1 Å². The summed E-state index contributed by atoms with van der Waals surface area (Å²) in [6, 6.07) is 0.212. The lowest BCUT2D eigenvalue weighted by Gasteiger charge is -2.36. The zero-order chi connectivity index (χ0) is 21.3. The summed E-state index contributed by atoms with van der Waals surface area (Å²) < 4.78 is 52.0. The first-order chi connectivity index (χ1) is 13.5. The molecule has 3 fully saturated rings. The molecule has 2 unspecified atom stereocenters. The first-order valence-electron chi connectivity index (χ1n) is 9.11. The summed E-state index contributed by atoms with van der Waals surface area (Å²) in [6.07, 6.45) is -0.0965. The van der Waals surface area contributed by atoms with Crippen LogP contribution in [0.5, 0.6) is 0 Å². The number of thiazole rings is 1. The van der Waals surface area contributed by atoms with E-state index in [-0.39, 0.29) is 17.6 Å². The zero-order valence-electron chi connectivity index (χ0n) is 15.4. The largest absolute Gasteiger partial charge is 0.490 e. The Hall–Kier alpha value is -1.95. The van der Waals surface area contributed by atoms with E-state index in [1.165, 1.54) is 0 Å². The van der Waals surface area contributed by atoms with Crippen LogP contribution in [0.2, 0.25) is 0 Å². The number of likely N-dealkylation sites (tertiary alicyclic amines) is 1. The second-order valence-electron chi connectivity index (χ2n) is 7.48. The van der Waals surface area contributed by atoms with Gasteiger partial charge in [-0.1, -0.05) is 0 Å². The molecule has 12 heteroatoms. The highest BCUT2D eigenvalue weighted by Crippen LogP contribution is 2.41. The predicted octanol–water partition coefficient (Wildman–Crippen LogP) is 2.84.